The number of hydrogen-bond acceptors (Lipinski definition) is 3. The van der Waals surface area contributed by atoms with Gasteiger partial charge in [0.15, 0.2) is 0 Å². The number of aliphatic imine (C=N–C) groups is 1. The second-order valence-corrected chi connectivity index (χ2v) is 3.90. The molecule has 2 rings (SSSR count). The third-order valence-electron chi connectivity index (χ3n) is 2.62. The van der Waals surface area contributed by atoms with Crippen LogP contribution < -0.4 is 11.1 Å². The summed E-state index contributed by atoms with van der Waals surface area (Å²) < 4.78 is 13.1. The first-order valence-electron chi connectivity index (χ1n) is 5.51. The first-order valence-corrected chi connectivity index (χ1v) is 5.51. The third kappa shape index (κ3) is 2.68. The Bertz CT molecular complexity index is 460. The van der Waals surface area contributed by atoms with Crippen molar-refractivity contribution in [3.05, 3.63) is 35.3 Å². The molecule has 0 aromatic carbocycles. The summed E-state index contributed by atoms with van der Waals surface area (Å²) in [7, 11) is 0. The topological polar surface area (TPSA) is 67.5 Å². The number of allylic oxidation sites excluding steroid dienone is 4. The number of nitrogens with two attached hydrogens (primary N) is 1. The van der Waals surface area contributed by atoms with Gasteiger partial charge in [-0.3, -0.25) is 9.79 Å². The minimum atomic E-state index is -0.269. The second-order valence-electron chi connectivity index (χ2n) is 3.90. The summed E-state index contributed by atoms with van der Waals surface area (Å²) in [6, 6.07) is 0. The van der Waals surface area contributed by atoms with Crippen LogP contribution in [0.4, 0.5) is 4.39 Å². The van der Waals surface area contributed by atoms with E-state index in [9.17, 15) is 9.18 Å². The third-order valence-corrected chi connectivity index (χ3v) is 2.62. The largest absolute Gasteiger partial charge is 0.355 e. The summed E-state index contributed by atoms with van der Waals surface area (Å²) in [4.78, 5) is 15.7. The molecule has 1 aliphatic heterocycles. The highest BCUT2D eigenvalue weighted by molar-refractivity contribution is 6.09. The van der Waals surface area contributed by atoms with Gasteiger partial charge in [-0.1, -0.05) is 0 Å². The number of hydrogen-bond donors (Lipinski definition) is 2. The molecule has 0 saturated heterocycles. The lowest BCUT2D eigenvalue weighted by Gasteiger charge is -2.11. The molecule has 90 valence electrons. The van der Waals surface area contributed by atoms with Crippen LogP contribution in [0.1, 0.15) is 12.8 Å². The first-order chi connectivity index (χ1) is 8.20. The Morgan fingerprint density at radius 2 is 2.41 bits per heavy atom. The quantitative estimate of drug-likeness (QED) is 0.762. The zero-order valence-electron chi connectivity index (χ0n) is 9.37. The molecule has 0 aromatic heterocycles. The zero-order chi connectivity index (χ0) is 12.3. The lowest BCUT2D eigenvalue weighted by atomic mass is 9.95. The molecule has 0 spiro atoms. The number of nitrogens with one attached hydrogen (secondary N) is 1. The normalized spacial score (nSPS) is 17.8. The Morgan fingerprint density at radius 1 is 1.59 bits per heavy atom. The maximum atomic E-state index is 13.1. The van der Waals surface area contributed by atoms with Crippen molar-refractivity contribution in [3.63, 3.8) is 0 Å². The van der Waals surface area contributed by atoms with E-state index in [-0.39, 0.29) is 18.2 Å². The minimum Gasteiger partial charge on any atom is -0.355 e. The molecule has 3 N–H and O–H groups in total. The van der Waals surface area contributed by atoms with Gasteiger partial charge < -0.3 is 11.1 Å². The van der Waals surface area contributed by atoms with Gasteiger partial charge in [-0.05, 0) is 17.7 Å². The highest BCUT2D eigenvalue weighted by Gasteiger charge is 2.22. The van der Waals surface area contributed by atoms with Crippen LogP contribution in [0.3, 0.4) is 0 Å². The number of carbonyl (C=O) groups excluding carboxylic acids is 1. The summed E-state index contributed by atoms with van der Waals surface area (Å²) >= 11 is 0. The summed E-state index contributed by atoms with van der Waals surface area (Å²) in [5.41, 5.74) is 7.62. The summed E-state index contributed by atoms with van der Waals surface area (Å²) in [5.74, 6) is -0.386. The van der Waals surface area contributed by atoms with E-state index in [2.05, 4.69) is 10.3 Å². The van der Waals surface area contributed by atoms with Crippen molar-refractivity contribution in [2.45, 2.75) is 12.8 Å². The van der Waals surface area contributed by atoms with Gasteiger partial charge in [0, 0.05) is 31.3 Å². The van der Waals surface area contributed by atoms with Gasteiger partial charge >= 0.3 is 0 Å². The monoisotopic (exact) mass is 235 g/mol. The Balaban J connectivity index is 2.00. The Kier molecular flexibility index (Phi) is 3.49. The molecule has 0 saturated carbocycles. The zero-order valence-corrected chi connectivity index (χ0v) is 9.37. The van der Waals surface area contributed by atoms with E-state index in [1.165, 1.54) is 12.2 Å². The van der Waals surface area contributed by atoms with Crippen LogP contribution in [-0.4, -0.2) is 24.7 Å². The molecule has 4 nitrogen and oxygen atoms in total. The van der Waals surface area contributed by atoms with Gasteiger partial charge in [-0.2, -0.15) is 0 Å². The van der Waals surface area contributed by atoms with Crippen molar-refractivity contribution in [2.24, 2.45) is 10.7 Å². The number of amides is 1. The maximum Gasteiger partial charge on any atom is 0.224 e. The predicted octanol–water partition coefficient (Wildman–Crippen LogP) is 0.973. The second kappa shape index (κ2) is 5.05. The highest BCUT2D eigenvalue weighted by Crippen LogP contribution is 2.29. The summed E-state index contributed by atoms with van der Waals surface area (Å²) in [6.45, 7) is 0.861. The van der Waals surface area contributed by atoms with E-state index in [0.29, 0.717) is 19.5 Å². The van der Waals surface area contributed by atoms with Gasteiger partial charge in [0.05, 0.1) is 12.1 Å². The fourth-order valence-electron chi connectivity index (χ4n) is 1.80. The van der Waals surface area contributed by atoms with Crippen molar-refractivity contribution >= 4 is 11.6 Å². The van der Waals surface area contributed by atoms with E-state index >= 15 is 0 Å². The molecule has 1 amide bonds. The fraction of sp³-hybridized carbons (Fsp3) is 0.333. The van der Waals surface area contributed by atoms with Crippen molar-refractivity contribution in [1.82, 2.24) is 5.32 Å². The van der Waals surface area contributed by atoms with E-state index in [0.717, 1.165) is 16.9 Å². The molecule has 0 aromatic rings. The van der Waals surface area contributed by atoms with E-state index in [4.69, 9.17) is 5.73 Å². The molecule has 0 unspecified atom stereocenters. The van der Waals surface area contributed by atoms with Crippen molar-refractivity contribution in [2.75, 3.05) is 13.1 Å². The van der Waals surface area contributed by atoms with Gasteiger partial charge in [0.25, 0.3) is 0 Å². The molecule has 5 heteroatoms. The highest BCUT2D eigenvalue weighted by atomic mass is 19.1. The van der Waals surface area contributed by atoms with E-state index in [1.807, 2.05) is 0 Å². The van der Waals surface area contributed by atoms with Crippen LogP contribution in [-0.2, 0) is 4.79 Å². The predicted molar refractivity (Wildman–Crippen MR) is 64.1 cm³/mol. The molecule has 0 bridgehead atoms. The van der Waals surface area contributed by atoms with E-state index < -0.39 is 0 Å². The average molecular weight is 235 g/mol. The SMILES string of the molecule is NCCNC(=O)CC1=CN=C2CC=C(F)C=C12. The number of halogens is 1. The minimum absolute atomic E-state index is 0.117. The van der Waals surface area contributed by atoms with Gasteiger partial charge in [0.1, 0.15) is 5.83 Å². The molecule has 0 fully saturated rings. The molecular formula is C12H14FN3O. The van der Waals surface area contributed by atoms with Gasteiger partial charge in [-0.15, -0.1) is 0 Å². The summed E-state index contributed by atoms with van der Waals surface area (Å²) in [5, 5.41) is 2.67. The standard InChI is InChI=1S/C12H14FN3O/c13-9-1-2-11-10(6-9)8(7-16-11)5-12(17)15-4-3-14/h1,6-7H,2-5,14H2,(H,15,17). The molecule has 2 aliphatic rings. The van der Waals surface area contributed by atoms with Crippen LogP contribution in [0.2, 0.25) is 0 Å². The smallest absolute Gasteiger partial charge is 0.224 e. The van der Waals surface area contributed by atoms with Crippen molar-refractivity contribution < 1.29 is 9.18 Å². The molecular weight excluding hydrogens is 221 g/mol. The van der Waals surface area contributed by atoms with Crippen LogP contribution >= 0.6 is 0 Å². The lowest BCUT2D eigenvalue weighted by molar-refractivity contribution is -0.120. The van der Waals surface area contributed by atoms with Gasteiger partial charge in [0.2, 0.25) is 5.91 Å². The van der Waals surface area contributed by atoms with Crippen LogP contribution in [0.5, 0.6) is 0 Å². The number of carbonyl (C=O) groups is 1. The Labute approximate surface area is 98.8 Å². The van der Waals surface area contributed by atoms with Crippen molar-refractivity contribution in [3.8, 4) is 0 Å². The maximum absolute atomic E-state index is 13.1. The molecule has 1 heterocycles. The first kappa shape index (κ1) is 11.7. The molecule has 0 atom stereocenters. The van der Waals surface area contributed by atoms with Crippen LogP contribution in [0.15, 0.2) is 40.3 Å². The fourth-order valence-corrected chi connectivity index (χ4v) is 1.80. The van der Waals surface area contributed by atoms with Crippen LogP contribution in [0, 0.1) is 0 Å². The Hall–Kier alpha value is -1.75. The molecule has 17 heavy (non-hydrogen) atoms. The molecule has 0 radical (unpaired) electrons. The van der Waals surface area contributed by atoms with E-state index in [1.54, 1.807) is 6.20 Å². The van der Waals surface area contributed by atoms with Crippen LogP contribution in [0.25, 0.3) is 0 Å². The molecule has 1 aliphatic carbocycles. The number of rotatable bonds is 4. The van der Waals surface area contributed by atoms with Gasteiger partial charge in [-0.25, -0.2) is 4.39 Å². The average Bonchev–Trinajstić information content (AvgIpc) is 2.69. The van der Waals surface area contributed by atoms with Crippen molar-refractivity contribution in [1.29, 1.82) is 0 Å². The summed E-state index contributed by atoms with van der Waals surface area (Å²) in [6.07, 6.45) is 5.24. The Morgan fingerprint density at radius 3 is 3.18 bits per heavy atom. The lowest BCUT2D eigenvalue weighted by Crippen LogP contribution is -2.29. The number of nitrogens with zero attached hydrogens (tertiary/aromatic N) is 1. The number of fused-ring (bicyclic) bond motifs is 1.